The molecule has 1 aromatic carbocycles. The first-order valence-electron chi connectivity index (χ1n) is 7.14. The van der Waals surface area contributed by atoms with Crippen LogP contribution in [0, 0.1) is 6.92 Å². The summed E-state index contributed by atoms with van der Waals surface area (Å²) in [5.41, 5.74) is 1.57. The number of nitrogens with one attached hydrogen (secondary N) is 1. The molecule has 1 aliphatic heterocycles. The van der Waals surface area contributed by atoms with E-state index in [0.717, 1.165) is 11.1 Å². The molecule has 118 valence electrons. The van der Waals surface area contributed by atoms with Crippen LogP contribution in [0.5, 0.6) is 0 Å². The van der Waals surface area contributed by atoms with Gasteiger partial charge in [-0.3, -0.25) is 0 Å². The number of rotatable bonds is 4. The lowest BCUT2D eigenvalue weighted by Gasteiger charge is -2.40. The van der Waals surface area contributed by atoms with Crippen molar-refractivity contribution in [2.45, 2.75) is 37.8 Å². The van der Waals surface area contributed by atoms with Crippen LogP contribution in [0.25, 0.3) is 0 Å². The normalized spacial score (nSPS) is 19.6. The number of aryl methyl sites for hydroxylation is 1. The Kier molecular flexibility index (Phi) is 4.72. The molecule has 1 N–H and O–H groups in total. The first kappa shape index (κ1) is 16.4. The minimum Gasteiger partial charge on any atom is -0.378 e. The molecule has 0 unspecified atom stereocenters. The molecule has 0 atom stereocenters. The number of ether oxygens (including phenoxy) is 1. The quantitative estimate of drug-likeness (QED) is 0.916. The van der Waals surface area contributed by atoms with E-state index in [1.54, 1.807) is 16.4 Å². The topological polar surface area (TPSA) is 58.6 Å². The van der Waals surface area contributed by atoms with E-state index in [-0.39, 0.29) is 0 Å². The molecule has 2 rings (SSSR count). The van der Waals surface area contributed by atoms with Crippen LogP contribution in [0.15, 0.2) is 23.1 Å². The molecule has 1 saturated heterocycles. The molecule has 0 saturated carbocycles. The first-order valence-corrected chi connectivity index (χ1v) is 8.58. The number of benzene rings is 1. The lowest BCUT2D eigenvalue weighted by Crippen LogP contribution is -2.55. The molecule has 21 heavy (non-hydrogen) atoms. The Bertz CT molecular complexity index is 611. The summed E-state index contributed by atoms with van der Waals surface area (Å²) in [5, 5.41) is 3.07. The van der Waals surface area contributed by atoms with Crippen LogP contribution in [-0.2, 0) is 21.3 Å². The van der Waals surface area contributed by atoms with Crippen LogP contribution in [0.1, 0.15) is 25.0 Å². The molecule has 5 nitrogen and oxygen atoms in total. The van der Waals surface area contributed by atoms with Gasteiger partial charge in [0.05, 0.1) is 23.6 Å². The fourth-order valence-electron chi connectivity index (χ4n) is 2.61. The zero-order valence-corrected chi connectivity index (χ0v) is 14.0. The fourth-order valence-corrected chi connectivity index (χ4v) is 4.41. The molecular weight excluding hydrogens is 288 g/mol. The molecule has 1 aromatic rings. The number of hydrogen-bond acceptors (Lipinski definition) is 4. The summed E-state index contributed by atoms with van der Waals surface area (Å²) in [6.45, 7) is 7.69. The van der Waals surface area contributed by atoms with Crippen molar-refractivity contribution in [3.05, 3.63) is 29.3 Å². The summed E-state index contributed by atoms with van der Waals surface area (Å²) in [5.74, 6) is 0. The average molecular weight is 312 g/mol. The van der Waals surface area contributed by atoms with Gasteiger partial charge in [0.25, 0.3) is 0 Å². The standard InChI is InChI=1S/C15H24N2O3S/c1-12-5-6-14(9-13(12)10-16-4)21(18,19)17-7-8-20-11-15(17,2)3/h5-6,9,16H,7-8,10-11H2,1-4H3. The van der Waals surface area contributed by atoms with Gasteiger partial charge in [-0.2, -0.15) is 4.31 Å². The first-order chi connectivity index (χ1) is 9.79. The average Bonchev–Trinajstić information content (AvgIpc) is 2.40. The Morgan fingerprint density at radius 3 is 2.71 bits per heavy atom. The highest BCUT2D eigenvalue weighted by molar-refractivity contribution is 7.89. The second kappa shape index (κ2) is 6.04. The Morgan fingerprint density at radius 1 is 1.38 bits per heavy atom. The lowest BCUT2D eigenvalue weighted by atomic mass is 10.1. The Hall–Kier alpha value is -0.950. The van der Waals surface area contributed by atoms with E-state index in [1.807, 2.05) is 33.9 Å². The van der Waals surface area contributed by atoms with Crippen LogP contribution in [0.4, 0.5) is 0 Å². The van der Waals surface area contributed by atoms with Crippen LogP contribution < -0.4 is 5.32 Å². The van der Waals surface area contributed by atoms with Gasteiger partial charge in [0, 0.05) is 13.1 Å². The summed E-state index contributed by atoms with van der Waals surface area (Å²) in [6, 6.07) is 5.33. The van der Waals surface area contributed by atoms with Crippen molar-refractivity contribution < 1.29 is 13.2 Å². The largest absolute Gasteiger partial charge is 0.378 e. The van der Waals surface area contributed by atoms with Gasteiger partial charge in [-0.25, -0.2) is 8.42 Å². The lowest BCUT2D eigenvalue weighted by molar-refractivity contribution is -0.00771. The minimum absolute atomic E-state index is 0.355. The zero-order valence-electron chi connectivity index (χ0n) is 13.1. The van der Waals surface area contributed by atoms with E-state index in [0.29, 0.717) is 31.2 Å². The molecule has 1 fully saturated rings. The molecule has 0 spiro atoms. The zero-order chi connectivity index (χ0) is 15.7. The Morgan fingerprint density at radius 2 is 2.10 bits per heavy atom. The maximum atomic E-state index is 12.9. The summed E-state index contributed by atoms with van der Waals surface area (Å²) in [6.07, 6.45) is 0. The highest BCUT2D eigenvalue weighted by Crippen LogP contribution is 2.28. The summed E-state index contributed by atoms with van der Waals surface area (Å²) in [4.78, 5) is 0.355. The predicted molar refractivity (Wildman–Crippen MR) is 82.7 cm³/mol. The molecular formula is C15H24N2O3S. The van der Waals surface area contributed by atoms with Gasteiger partial charge in [-0.1, -0.05) is 6.07 Å². The predicted octanol–water partition coefficient (Wildman–Crippen LogP) is 1.51. The summed E-state index contributed by atoms with van der Waals surface area (Å²) in [7, 11) is -1.65. The van der Waals surface area contributed by atoms with E-state index in [2.05, 4.69) is 5.32 Å². The van der Waals surface area contributed by atoms with Crippen molar-refractivity contribution in [1.29, 1.82) is 0 Å². The van der Waals surface area contributed by atoms with Gasteiger partial charge < -0.3 is 10.1 Å². The van der Waals surface area contributed by atoms with Crippen molar-refractivity contribution in [1.82, 2.24) is 9.62 Å². The molecule has 0 amide bonds. The highest BCUT2D eigenvalue weighted by Gasteiger charge is 2.39. The van der Waals surface area contributed by atoms with Crippen molar-refractivity contribution in [2.24, 2.45) is 0 Å². The highest BCUT2D eigenvalue weighted by atomic mass is 32.2. The van der Waals surface area contributed by atoms with Crippen molar-refractivity contribution in [3.63, 3.8) is 0 Å². The third-order valence-corrected chi connectivity index (χ3v) is 5.95. The monoisotopic (exact) mass is 312 g/mol. The third-order valence-electron chi connectivity index (χ3n) is 3.84. The number of nitrogens with zero attached hydrogens (tertiary/aromatic N) is 1. The number of hydrogen-bond donors (Lipinski definition) is 1. The molecule has 0 aromatic heterocycles. The maximum Gasteiger partial charge on any atom is 0.243 e. The van der Waals surface area contributed by atoms with Crippen molar-refractivity contribution in [2.75, 3.05) is 26.8 Å². The van der Waals surface area contributed by atoms with Crippen molar-refractivity contribution in [3.8, 4) is 0 Å². The van der Waals surface area contributed by atoms with E-state index in [4.69, 9.17) is 4.74 Å². The van der Waals surface area contributed by atoms with E-state index >= 15 is 0 Å². The second-order valence-electron chi connectivity index (χ2n) is 6.06. The fraction of sp³-hybridized carbons (Fsp3) is 0.600. The van der Waals surface area contributed by atoms with Crippen molar-refractivity contribution >= 4 is 10.0 Å². The van der Waals surface area contributed by atoms with E-state index in [1.165, 1.54) is 0 Å². The molecule has 1 heterocycles. The van der Waals surface area contributed by atoms with E-state index < -0.39 is 15.6 Å². The van der Waals surface area contributed by atoms with Crippen LogP contribution in [0.2, 0.25) is 0 Å². The summed E-state index contributed by atoms with van der Waals surface area (Å²) >= 11 is 0. The third kappa shape index (κ3) is 3.29. The molecule has 0 aliphatic carbocycles. The second-order valence-corrected chi connectivity index (χ2v) is 7.92. The molecule has 6 heteroatoms. The van der Waals surface area contributed by atoms with Gasteiger partial charge in [0.15, 0.2) is 0 Å². The Balaban J connectivity index is 2.41. The van der Waals surface area contributed by atoms with Gasteiger partial charge in [-0.15, -0.1) is 0 Å². The SMILES string of the molecule is CNCc1cc(S(=O)(=O)N2CCOCC2(C)C)ccc1C. The minimum atomic E-state index is -3.50. The van der Waals surface area contributed by atoms with Gasteiger partial charge in [0.2, 0.25) is 10.0 Å². The van der Waals surface area contributed by atoms with Crippen LogP contribution >= 0.6 is 0 Å². The number of sulfonamides is 1. The van der Waals surface area contributed by atoms with Crippen LogP contribution in [0.3, 0.4) is 0 Å². The van der Waals surface area contributed by atoms with E-state index in [9.17, 15) is 8.42 Å². The molecule has 0 radical (unpaired) electrons. The molecule has 0 bridgehead atoms. The number of morpholine rings is 1. The summed E-state index contributed by atoms with van der Waals surface area (Å²) < 4.78 is 32.8. The Labute approximate surface area is 127 Å². The molecule has 1 aliphatic rings. The van der Waals surface area contributed by atoms with Gasteiger partial charge in [0.1, 0.15) is 0 Å². The van der Waals surface area contributed by atoms with Gasteiger partial charge in [-0.05, 0) is 51.1 Å². The smallest absolute Gasteiger partial charge is 0.243 e. The van der Waals surface area contributed by atoms with Crippen LogP contribution in [-0.4, -0.2) is 45.1 Å². The van der Waals surface area contributed by atoms with Gasteiger partial charge >= 0.3 is 0 Å². The maximum absolute atomic E-state index is 12.9.